The Kier molecular flexibility index (Phi) is 5.37. The van der Waals surface area contributed by atoms with Gasteiger partial charge in [-0.15, -0.1) is 0 Å². The highest BCUT2D eigenvalue weighted by Gasteiger charge is 2.37. The molecule has 0 saturated heterocycles. The third-order valence-electron chi connectivity index (χ3n) is 3.88. The van der Waals surface area contributed by atoms with Gasteiger partial charge in [-0.3, -0.25) is 4.79 Å². The molecule has 1 fully saturated rings. The molecule has 2 N–H and O–H groups in total. The monoisotopic (exact) mass is 289 g/mol. The first-order chi connectivity index (χ1) is 10.1. The van der Waals surface area contributed by atoms with Crippen molar-refractivity contribution in [3.63, 3.8) is 0 Å². The SMILES string of the molecule is CCCCc1ccc(CC(=O)NC(C(=O)O)C2CC2)cc1. The molecule has 0 aromatic heterocycles. The standard InChI is InChI=1S/C17H23NO3/c1-2-3-4-12-5-7-13(8-6-12)11-15(19)18-16(17(20)21)14-9-10-14/h5-8,14,16H,2-4,9-11H2,1H3,(H,18,19)(H,20,21). The Morgan fingerprint density at radius 2 is 1.86 bits per heavy atom. The number of carbonyl (C=O) groups is 2. The van der Waals surface area contributed by atoms with Crippen LogP contribution in [-0.2, 0) is 22.4 Å². The van der Waals surface area contributed by atoms with Crippen LogP contribution >= 0.6 is 0 Å². The number of nitrogens with one attached hydrogen (secondary N) is 1. The van der Waals surface area contributed by atoms with Crippen molar-refractivity contribution in [3.8, 4) is 0 Å². The zero-order valence-electron chi connectivity index (χ0n) is 12.5. The molecule has 1 unspecified atom stereocenters. The molecule has 1 aromatic carbocycles. The van der Waals surface area contributed by atoms with Crippen LogP contribution in [0.25, 0.3) is 0 Å². The van der Waals surface area contributed by atoms with Gasteiger partial charge in [0.05, 0.1) is 6.42 Å². The van der Waals surface area contributed by atoms with E-state index in [1.165, 1.54) is 18.4 Å². The van der Waals surface area contributed by atoms with E-state index in [4.69, 9.17) is 5.11 Å². The first-order valence-corrected chi connectivity index (χ1v) is 7.70. The van der Waals surface area contributed by atoms with Crippen LogP contribution in [-0.4, -0.2) is 23.0 Å². The summed E-state index contributed by atoms with van der Waals surface area (Å²) >= 11 is 0. The molecule has 2 rings (SSSR count). The zero-order valence-corrected chi connectivity index (χ0v) is 12.5. The summed E-state index contributed by atoms with van der Waals surface area (Å²) in [7, 11) is 0. The third kappa shape index (κ3) is 4.88. The van der Waals surface area contributed by atoms with E-state index in [0.717, 1.165) is 24.8 Å². The lowest BCUT2D eigenvalue weighted by molar-refractivity contribution is -0.142. The maximum absolute atomic E-state index is 11.9. The zero-order chi connectivity index (χ0) is 15.2. The van der Waals surface area contributed by atoms with Gasteiger partial charge in [0.15, 0.2) is 0 Å². The Hall–Kier alpha value is -1.84. The molecule has 1 atom stereocenters. The number of carboxylic acid groups (broad SMARTS) is 1. The van der Waals surface area contributed by atoms with Crippen molar-refractivity contribution in [1.29, 1.82) is 0 Å². The van der Waals surface area contributed by atoms with Crippen molar-refractivity contribution >= 4 is 11.9 Å². The number of rotatable bonds is 8. The molecule has 0 bridgehead atoms. The quantitative estimate of drug-likeness (QED) is 0.773. The molecule has 21 heavy (non-hydrogen) atoms. The molecule has 0 aliphatic heterocycles. The molecule has 1 aliphatic rings. The maximum Gasteiger partial charge on any atom is 0.326 e. The Morgan fingerprint density at radius 3 is 2.38 bits per heavy atom. The number of aryl methyl sites for hydroxylation is 1. The van der Waals surface area contributed by atoms with E-state index in [1.807, 2.05) is 24.3 Å². The molecule has 1 saturated carbocycles. The van der Waals surface area contributed by atoms with Crippen LogP contribution in [0.3, 0.4) is 0 Å². The average Bonchev–Trinajstić information content (AvgIpc) is 3.28. The number of hydrogen-bond donors (Lipinski definition) is 2. The lowest BCUT2D eigenvalue weighted by Gasteiger charge is -2.13. The van der Waals surface area contributed by atoms with E-state index in [0.29, 0.717) is 0 Å². The van der Waals surface area contributed by atoms with Crippen molar-refractivity contribution in [2.45, 2.75) is 51.5 Å². The van der Waals surface area contributed by atoms with Gasteiger partial charge < -0.3 is 10.4 Å². The summed E-state index contributed by atoms with van der Waals surface area (Å²) in [6.07, 6.45) is 5.42. The van der Waals surface area contributed by atoms with Gasteiger partial charge in [-0.05, 0) is 42.7 Å². The number of unbranched alkanes of at least 4 members (excludes halogenated alkanes) is 1. The van der Waals surface area contributed by atoms with Crippen molar-refractivity contribution in [3.05, 3.63) is 35.4 Å². The Bertz CT molecular complexity index is 491. The molecule has 0 radical (unpaired) electrons. The van der Waals surface area contributed by atoms with E-state index in [1.54, 1.807) is 0 Å². The molecular weight excluding hydrogens is 266 g/mol. The smallest absolute Gasteiger partial charge is 0.326 e. The highest BCUT2D eigenvalue weighted by atomic mass is 16.4. The van der Waals surface area contributed by atoms with E-state index in [9.17, 15) is 9.59 Å². The second-order valence-corrected chi connectivity index (χ2v) is 5.82. The Morgan fingerprint density at radius 1 is 1.24 bits per heavy atom. The minimum absolute atomic E-state index is 0.114. The van der Waals surface area contributed by atoms with Crippen LogP contribution in [0.1, 0.15) is 43.7 Å². The highest BCUT2D eigenvalue weighted by molar-refractivity contribution is 5.85. The largest absolute Gasteiger partial charge is 0.480 e. The second-order valence-electron chi connectivity index (χ2n) is 5.82. The summed E-state index contributed by atoms with van der Waals surface area (Å²) in [5, 5.41) is 11.7. The van der Waals surface area contributed by atoms with Crippen molar-refractivity contribution in [1.82, 2.24) is 5.32 Å². The number of amides is 1. The highest BCUT2D eigenvalue weighted by Crippen LogP contribution is 2.32. The first-order valence-electron chi connectivity index (χ1n) is 7.70. The fraction of sp³-hybridized carbons (Fsp3) is 0.529. The molecule has 0 spiro atoms. The summed E-state index contributed by atoms with van der Waals surface area (Å²) in [6, 6.07) is 7.29. The number of hydrogen-bond acceptors (Lipinski definition) is 2. The topological polar surface area (TPSA) is 66.4 Å². The van der Waals surface area contributed by atoms with Gasteiger partial charge in [0.1, 0.15) is 6.04 Å². The molecule has 114 valence electrons. The fourth-order valence-electron chi connectivity index (χ4n) is 2.43. The van der Waals surface area contributed by atoms with Crippen molar-refractivity contribution < 1.29 is 14.7 Å². The van der Waals surface area contributed by atoms with E-state index >= 15 is 0 Å². The third-order valence-corrected chi connectivity index (χ3v) is 3.88. The predicted molar refractivity (Wildman–Crippen MR) is 81.0 cm³/mol. The van der Waals surface area contributed by atoms with E-state index in [-0.39, 0.29) is 18.2 Å². The van der Waals surface area contributed by atoms with Crippen LogP contribution in [0.2, 0.25) is 0 Å². The predicted octanol–water partition coefficient (Wildman–Crippen LogP) is 2.55. The fourth-order valence-corrected chi connectivity index (χ4v) is 2.43. The van der Waals surface area contributed by atoms with Crippen molar-refractivity contribution in [2.24, 2.45) is 5.92 Å². The van der Waals surface area contributed by atoms with E-state index < -0.39 is 12.0 Å². The van der Waals surface area contributed by atoms with Gasteiger partial charge in [0.25, 0.3) is 0 Å². The molecule has 4 nitrogen and oxygen atoms in total. The molecular formula is C17H23NO3. The summed E-state index contributed by atoms with van der Waals surface area (Å²) in [5.74, 6) is -1.03. The van der Waals surface area contributed by atoms with Crippen LogP contribution < -0.4 is 5.32 Å². The normalized spacial score (nSPS) is 15.5. The van der Waals surface area contributed by atoms with Gasteiger partial charge in [-0.1, -0.05) is 37.6 Å². The summed E-state index contributed by atoms with van der Waals surface area (Å²) in [6.45, 7) is 2.16. The number of carboxylic acids is 1. The minimum atomic E-state index is -0.930. The minimum Gasteiger partial charge on any atom is -0.480 e. The van der Waals surface area contributed by atoms with Gasteiger partial charge >= 0.3 is 5.97 Å². The summed E-state index contributed by atoms with van der Waals surface area (Å²) in [4.78, 5) is 23.0. The average molecular weight is 289 g/mol. The molecule has 4 heteroatoms. The number of aliphatic carboxylic acids is 1. The van der Waals surface area contributed by atoms with Gasteiger partial charge in [-0.25, -0.2) is 4.79 Å². The van der Waals surface area contributed by atoms with Crippen LogP contribution in [0.5, 0.6) is 0 Å². The summed E-state index contributed by atoms with van der Waals surface area (Å²) < 4.78 is 0. The van der Waals surface area contributed by atoms with Crippen molar-refractivity contribution in [2.75, 3.05) is 0 Å². The maximum atomic E-state index is 11.9. The van der Waals surface area contributed by atoms with E-state index in [2.05, 4.69) is 12.2 Å². The van der Waals surface area contributed by atoms with Gasteiger partial charge in [0.2, 0.25) is 5.91 Å². The lowest BCUT2D eigenvalue weighted by atomic mass is 10.0. The number of carbonyl (C=O) groups excluding carboxylic acids is 1. The Labute approximate surface area is 125 Å². The van der Waals surface area contributed by atoms with Gasteiger partial charge in [0, 0.05) is 0 Å². The first kappa shape index (κ1) is 15.5. The molecule has 1 amide bonds. The molecule has 1 aromatic rings. The summed E-state index contributed by atoms with van der Waals surface area (Å²) in [5.41, 5.74) is 2.20. The van der Waals surface area contributed by atoms with Crippen LogP contribution in [0.4, 0.5) is 0 Å². The van der Waals surface area contributed by atoms with Crippen LogP contribution in [0.15, 0.2) is 24.3 Å². The Balaban J connectivity index is 1.85. The lowest BCUT2D eigenvalue weighted by Crippen LogP contribution is -2.43. The van der Waals surface area contributed by atoms with Gasteiger partial charge in [-0.2, -0.15) is 0 Å². The second kappa shape index (κ2) is 7.25. The van der Waals surface area contributed by atoms with Crippen LogP contribution in [0, 0.1) is 5.92 Å². The number of benzene rings is 1. The molecule has 0 heterocycles. The molecule has 1 aliphatic carbocycles.